The van der Waals surface area contributed by atoms with E-state index in [1.807, 2.05) is 30.3 Å². The number of amides is 3. The van der Waals surface area contributed by atoms with Gasteiger partial charge in [-0.3, -0.25) is 9.59 Å². The maximum atomic E-state index is 12.3. The van der Waals surface area contributed by atoms with Crippen LogP contribution in [0.25, 0.3) is 0 Å². The van der Waals surface area contributed by atoms with E-state index in [9.17, 15) is 29.7 Å². The van der Waals surface area contributed by atoms with Crippen molar-refractivity contribution >= 4 is 17.9 Å². The molecule has 1 heterocycles. The molecule has 0 bridgehead atoms. The Morgan fingerprint density at radius 3 is 2.42 bits per heavy atom. The highest BCUT2D eigenvalue weighted by Gasteiger charge is 2.45. The predicted octanol–water partition coefficient (Wildman–Crippen LogP) is -0.467. The minimum absolute atomic E-state index is 0.160. The van der Waals surface area contributed by atoms with Crippen molar-refractivity contribution in [3.05, 3.63) is 35.9 Å². The molecule has 0 aromatic heterocycles. The fourth-order valence-electron chi connectivity index (χ4n) is 3.42. The minimum Gasteiger partial charge on any atom is -0.445 e. The van der Waals surface area contributed by atoms with E-state index in [0.717, 1.165) is 5.56 Å². The van der Waals surface area contributed by atoms with Crippen molar-refractivity contribution in [3.63, 3.8) is 0 Å². The topological polar surface area (TPSA) is 166 Å². The fraction of sp³-hybridized carbons (Fsp3) is 0.591. The van der Waals surface area contributed by atoms with E-state index in [1.165, 1.54) is 6.92 Å². The average Bonchev–Trinajstić information content (AvgIpc) is 2.80. The van der Waals surface area contributed by atoms with E-state index in [2.05, 4.69) is 16.0 Å². The van der Waals surface area contributed by atoms with Crippen LogP contribution in [0.2, 0.25) is 0 Å². The highest BCUT2D eigenvalue weighted by molar-refractivity contribution is 5.76. The standard InChI is InChI=1S/C22H33N3O8/c1-14(27)24-18-20(30)19(29)16(12-26)33-21(18)25-17(28)10-6-3-7-11-23-22(31)32-13-15-8-4-2-5-9-15/h2,4-5,8-9,16,18-21,26,29-30H,3,6-7,10-13H2,1H3,(H,23,31)(H,24,27)(H,25,28). The molecule has 11 heteroatoms. The summed E-state index contributed by atoms with van der Waals surface area (Å²) >= 11 is 0. The average molecular weight is 468 g/mol. The summed E-state index contributed by atoms with van der Waals surface area (Å²) in [4.78, 5) is 35.4. The summed E-state index contributed by atoms with van der Waals surface area (Å²) in [7, 11) is 0. The van der Waals surface area contributed by atoms with Gasteiger partial charge in [0.05, 0.1) is 6.61 Å². The van der Waals surface area contributed by atoms with Crippen LogP contribution in [0.4, 0.5) is 4.79 Å². The van der Waals surface area contributed by atoms with Crippen molar-refractivity contribution < 1.29 is 39.2 Å². The third-order valence-corrected chi connectivity index (χ3v) is 5.16. The molecule has 2 rings (SSSR count). The number of aliphatic hydroxyl groups is 3. The van der Waals surface area contributed by atoms with E-state index in [-0.39, 0.29) is 18.9 Å². The van der Waals surface area contributed by atoms with E-state index in [4.69, 9.17) is 9.47 Å². The molecule has 5 atom stereocenters. The molecular formula is C22H33N3O8. The van der Waals surface area contributed by atoms with Crippen molar-refractivity contribution in [3.8, 4) is 0 Å². The number of rotatable bonds is 11. The highest BCUT2D eigenvalue weighted by Crippen LogP contribution is 2.20. The Labute approximate surface area is 192 Å². The molecule has 1 aliphatic rings. The van der Waals surface area contributed by atoms with Crippen LogP contribution in [-0.2, 0) is 25.7 Å². The van der Waals surface area contributed by atoms with Crippen LogP contribution < -0.4 is 16.0 Å². The first kappa shape index (κ1) is 26.5. The van der Waals surface area contributed by atoms with Crippen LogP contribution in [0.15, 0.2) is 30.3 Å². The second-order valence-electron chi connectivity index (χ2n) is 7.85. The molecule has 1 fully saturated rings. The summed E-state index contributed by atoms with van der Waals surface area (Å²) in [6.07, 6.45) is -3.50. The summed E-state index contributed by atoms with van der Waals surface area (Å²) in [5.41, 5.74) is 0.897. The van der Waals surface area contributed by atoms with Gasteiger partial charge in [0, 0.05) is 19.9 Å². The van der Waals surface area contributed by atoms with Gasteiger partial charge in [-0.05, 0) is 18.4 Å². The Kier molecular flexibility index (Phi) is 11.0. The number of ether oxygens (including phenoxy) is 2. The van der Waals surface area contributed by atoms with Crippen molar-refractivity contribution in [2.45, 2.75) is 69.8 Å². The summed E-state index contributed by atoms with van der Waals surface area (Å²) in [5, 5.41) is 37.2. The number of hydrogen-bond acceptors (Lipinski definition) is 8. The SMILES string of the molecule is CC(=O)NC1C(NC(=O)CCCCCNC(=O)OCc2ccccc2)OC(CO)C(O)C1O. The predicted molar refractivity (Wildman–Crippen MR) is 117 cm³/mol. The molecule has 184 valence electrons. The molecule has 0 radical (unpaired) electrons. The Bertz CT molecular complexity index is 763. The van der Waals surface area contributed by atoms with Crippen molar-refractivity contribution in [1.82, 2.24) is 16.0 Å². The van der Waals surface area contributed by atoms with Crippen LogP contribution in [-0.4, -0.2) is 77.0 Å². The lowest BCUT2D eigenvalue weighted by atomic mass is 9.95. The van der Waals surface area contributed by atoms with Crippen LogP contribution in [0.5, 0.6) is 0 Å². The van der Waals surface area contributed by atoms with Gasteiger partial charge in [-0.2, -0.15) is 0 Å². The zero-order valence-corrected chi connectivity index (χ0v) is 18.6. The number of aliphatic hydroxyl groups excluding tert-OH is 3. The Hall–Kier alpha value is -2.73. The van der Waals surface area contributed by atoms with E-state index in [1.54, 1.807) is 0 Å². The smallest absolute Gasteiger partial charge is 0.407 e. The Balaban J connectivity index is 1.65. The number of carbonyl (C=O) groups excluding carboxylic acids is 3. The largest absolute Gasteiger partial charge is 0.445 e. The second-order valence-corrected chi connectivity index (χ2v) is 7.85. The third-order valence-electron chi connectivity index (χ3n) is 5.16. The molecular weight excluding hydrogens is 434 g/mol. The Morgan fingerprint density at radius 1 is 1.03 bits per heavy atom. The molecule has 5 unspecified atom stereocenters. The molecule has 0 spiro atoms. The molecule has 1 saturated heterocycles. The first-order valence-corrected chi connectivity index (χ1v) is 10.9. The lowest BCUT2D eigenvalue weighted by Crippen LogP contribution is -2.68. The van der Waals surface area contributed by atoms with Gasteiger partial charge in [0.25, 0.3) is 0 Å². The van der Waals surface area contributed by atoms with Gasteiger partial charge in [0.1, 0.15) is 31.0 Å². The monoisotopic (exact) mass is 467 g/mol. The molecule has 11 nitrogen and oxygen atoms in total. The second kappa shape index (κ2) is 13.7. The minimum atomic E-state index is -1.42. The first-order chi connectivity index (χ1) is 15.8. The van der Waals surface area contributed by atoms with Gasteiger partial charge in [0.15, 0.2) is 6.23 Å². The van der Waals surface area contributed by atoms with E-state index < -0.39 is 49.2 Å². The number of nitrogens with one attached hydrogen (secondary N) is 3. The number of alkyl carbamates (subject to hydrolysis) is 1. The lowest BCUT2D eigenvalue weighted by molar-refractivity contribution is -0.203. The molecule has 0 saturated carbocycles. The molecule has 1 aliphatic heterocycles. The number of hydrogen-bond donors (Lipinski definition) is 6. The van der Waals surface area contributed by atoms with Gasteiger partial charge in [0.2, 0.25) is 11.8 Å². The quantitative estimate of drug-likeness (QED) is 0.238. The molecule has 3 amide bonds. The van der Waals surface area contributed by atoms with Crippen LogP contribution >= 0.6 is 0 Å². The molecule has 1 aromatic rings. The van der Waals surface area contributed by atoms with Crippen LogP contribution in [0.1, 0.15) is 38.2 Å². The molecule has 33 heavy (non-hydrogen) atoms. The van der Waals surface area contributed by atoms with Gasteiger partial charge < -0.3 is 40.7 Å². The van der Waals surface area contributed by atoms with Gasteiger partial charge >= 0.3 is 6.09 Å². The highest BCUT2D eigenvalue weighted by atomic mass is 16.5. The Morgan fingerprint density at radius 2 is 1.76 bits per heavy atom. The maximum Gasteiger partial charge on any atom is 0.407 e. The van der Waals surface area contributed by atoms with Crippen LogP contribution in [0.3, 0.4) is 0 Å². The number of benzene rings is 1. The lowest BCUT2D eigenvalue weighted by Gasteiger charge is -2.42. The van der Waals surface area contributed by atoms with Gasteiger partial charge in [-0.15, -0.1) is 0 Å². The van der Waals surface area contributed by atoms with Crippen LogP contribution in [0, 0.1) is 0 Å². The van der Waals surface area contributed by atoms with E-state index in [0.29, 0.717) is 25.8 Å². The zero-order valence-electron chi connectivity index (χ0n) is 18.6. The summed E-state index contributed by atoms with van der Waals surface area (Å²) in [6.45, 7) is 1.28. The van der Waals surface area contributed by atoms with E-state index >= 15 is 0 Å². The number of unbranched alkanes of at least 4 members (excludes halogenated alkanes) is 2. The zero-order chi connectivity index (χ0) is 24.2. The van der Waals surface area contributed by atoms with Crippen molar-refractivity contribution in [2.75, 3.05) is 13.2 Å². The molecule has 1 aromatic carbocycles. The first-order valence-electron chi connectivity index (χ1n) is 10.9. The third kappa shape index (κ3) is 8.97. The van der Waals surface area contributed by atoms with Gasteiger partial charge in [-0.25, -0.2) is 4.79 Å². The number of carbonyl (C=O) groups is 3. The van der Waals surface area contributed by atoms with Gasteiger partial charge in [-0.1, -0.05) is 36.8 Å². The van der Waals surface area contributed by atoms with Crippen molar-refractivity contribution in [1.29, 1.82) is 0 Å². The summed E-state index contributed by atoms with van der Waals surface area (Å²) < 4.78 is 10.6. The summed E-state index contributed by atoms with van der Waals surface area (Å²) in [5.74, 6) is -0.836. The normalized spacial score (nSPS) is 24.5. The molecule has 6 N–H and O–H groups in total. The fourth-order valence-corrected chi connectivity index (χ4v) is 3.42. The van der Waals surface area contributed by atoms with Crippen molar-refractivity contribution in [2.24, 2.45) is 0 Å². The summed E-state index contributed by atoms with van der Waals surface area (Å²) in [6, 6.07) is 8.28. The molecule has 0 aliphatic carbocycles. The maximum absolute atomic E-state index is 12.3.